The van der Waals surface area contributed by atoms with Gasteiger partial charge in [0.15, 0.2) is 5.11 Å². The summed E-state index contributed by atoms with van der Waals surface area (Å²) >= 11 is 12.1. The van der Waals surface area contributed by atoms with Gasteiger partial charge in [0.05, 0.1) is 10.7 Å². The van der Waals surface area contributed by atoms with E-state index in [1.54, 1.807) is 12.1 Å². The summed E-state index contributed by atoms with van der Waals surface area (Å²) in [5, 5.41) is 3.24. The Morgan fingerprint density at radius 2 is 2.00 bits per heavy atom. The first kappa shape index (κ1) is 15.1. The monoisotopic (exact) mass is 326 g/mol. The second kappa shape index (κ2) is 6.92. The molecule has 0 heterocycles. The fourth-order valence-electron chi connectivity index (χ4n) is 1.64. The van der Waals surface area contributed by atoms with E-state index in [1.165, 1.54) is 17.8 Å². The molecule has 0 aliphatic carbocycles. The van der Waals surface area contributed by atoms with Crippen LogP contribution in [0.3, 0.4) is 0 Å². The van der Waals surface area contributed by atoms with Gasteiger partial charge in [0.25, 0.3) is 0 Å². The Bertz CT molecular complexity index is 634. The molecule has 2 aromatic rings. The molecule has 0 bridgehead atoms. The molecule has 0 aromatic heterocycles. The minimum Gasteiger partial charge on any atom is -0.376 e. The highest BCUT2D eigenvalue weighted by Gasteiger charge is 2.08. The second-order valence-electron chi connectivity index (χ2n) is 3.99. The average molecular weight is 327 g/mol. The lowest BCUT2D eigenvalue weighted by Gasteiger charge is -2.10. The summed E-state index contributed by atoms with van der Waals surface area (Å²) in [5.74, 6) is 0.101. The van der Waals surface area contributed by atoms with Crippen LogP contribution in [-0.2, 0) is 5.75 Å². The maximum Gasteiger partial charge on any atom is 0.168 e. The third-order valence-electron chi connectivity index (χ3n) is 2.56. The van der Waals surface area contributed by atoms with Crippen LogP contribution in [0.2, 0.25) is 5.02 Å². The summed E-state index contributed by atoms with van der Waals surface area (Å²) in [6.45, 7) is 0. The van der Waals surface area contributed by atoms with E-state index in [2.05, 4.69) is 5.32 Å². The van der Waals surface area contributed by atoms with E-state index in [9.17, 15) is 4.39 Å². The predicted octanol–water partition coefficient (Wildman–Crippen LogP) is 4.43. The summed E-state index contributed by atoms with van der Waals surface area (Å²) in [6.07, 6.45) is 0. The molecule has 0 saturated heterocycles. The number of thioether (sulfide) groups is 1. The van der Waals surface area contributed by atoms with Gasteiger partial charge in [0.2, 0.25) is 0 Å². The summed E-state index contributed by atoms with van der Waals surface area (Å²) in [7, 11) is 0. The van der Waals surface area contributed by atoms with E-state index in [0.29, 0.717) is 11.3 Å². The minimum atomic E-state index is -0.374. The zero-order valence-corrected chi connectivity index (χ0v) is 12.8. The van der Waals surface area contributed by atoms with Crippen molar-refractivity contribution in [3.8, 4) is 0 Å². The molecule has 2 nitrogen and oxygen atoms in total. The normalized spacial score (nSPS) is 10.3. The van der Waals surface area contributed by atoms with Crippen LogP contribution in [0.15, 0.2) is 47.4 Å². The number of halogens is 2. The van der Waals surface area contributed by atoms with Crippen LogP contribution in [0.1, 0.15) is 5.56 Å². The first-order valence-electron chi connectivity index (χ1n) is 5.79. The third kappa shape index (κ3) is 3.85. The summed E-state index contributed by atoms with van der Waals surface area (Å²) in [4.78, 5) is 0.944. The Labute approximate surface area is 131 Å². The van der Waals surface area contributed by atoms with Gasteiger partial charge in [0.1, 0.15) is 5.82 Å². The van der Waals surface area contributed by atoms with Crippen molar-refractivity contribution in [2.24, 2.45) is 5.73 Å². The third-order valence-corrected chi connectivity index (χ3v) is 4.08. The number of benzene rings is 2. The van der Waals surface area contributed by atoms with Gasteiger partial charge >= 0.3 is 0 Å². The van der Waals surface area contributed by atoms with E-state index in [0.717, 1.165) is 10.6 Å². The lowest BCUT2D eigenvalue weighted by Crippen LogP contribution is -2.19. The average Bonchev–Trinajstić information content (AvgIpc) is 2.41. The summed E-state index contributed by atoms with van der Waals surface area (Å²) < 4.78 is 13.8. The van der Waals surface area contributed by atoms with Crippen molar-refractivity contribution in [3.05, 3.63) is 58.9 Å². The number of nitrogens with two attached hydrogens (primary N) is 1. The van der Waals surface area contributed by atoms with Crippen LogP contribution < -0.4 is 11.1 Å². The maximum absolute atomic E-state index is 13.8. The molecule has 2 aromatic carbocycles. The zero-order chi connectivity index (χ0) is 14.5. The molecule has 2 rings (SSSR count). The Morgan fingerprint density at radius 3 is 2.75 bits per heavy atom. The quantitative estimate of drug-likeness (QED) is 0.644. The van der Waals surface area contributed by atoms with Gasteiger partial charge in [-0.2, -0.15) is 0 Å². The Balaban J connectivity index is 2.15. The molecule has 0 radical (unpaired) electrons. The van der Waals surface area contributed by atoms with Crippen LogP contribution in [0, 0.1) is 5.82 Å². The van der Waals surface area contributed by atoms with Crippen molar-refractivity contribution < 1.29 is 4.39 Å². The van der Waals surface area contributed by atoms with Gasteiger partial charge in [-0.1, -0.05) is 35.9 Å². The second-order valence-corrected chi connectivity index (χ2v) is 5.85. The van der Waals surface area contributed by atoms with E-state index < -0.39 is 0 Å². The molecule has 0 aliphatic rings. The molecule has 0 fully saturated rings. The molecule has 0 atom stereocenters. The van der Waals surface area contributed by atoms with E-state index >= 15 is 0 Å². The molecular weight excluding hydrogens is 315 g/mol. The number of hydrogen-bond donors (Lipinski definition) is 2. The van der Waals surface area contributed by atoms with Gasteiger partial charge in [-0.3, -0.25) is 0 Å². The van der Waals surface area contributed by atoms with Crippen LogP contribution in [-0.4, -0.2) is 5.11 Å². The smallest absolute Gasteiger partial charge is 0.168 e. The van der Waals surface area contributed by atoms with Crippen molar-refractivity contribution in [2.45, 2.75) is 10.6 Å². The van der Waals surface area contributed by atoms with Crippen LogP contribution >= 0.6 is 35.6 Å². The van der Waals surface area contributed by atoms with Gasteiger partial charge in [-0.05, 0) is 36.0 Å². The van der Waals surface area contributed by atoms with Crippen molar-refractivity contribution in [1.29, 1.82) is 0 Å². The zero-order valence-electron chi connectivity index (χ0n) is 10.4. The molecule has 0 unspecified atom stereocenters. The predicted molar refractivity (Wildman–Crippen MR) is 87.8 cm³/mol. The summed E-state index contributed by atoms with van der Waals surface area (Å²) in [6, 6.07) is 12.6. The number of hydrogen-bond acceptors (Lipinski definition) is 2. The Kier molecular flexibility index (Phi) is 5.23. The minimum absolute atomic E-state index is 0.137. The highest BCUT2D eigenvalue weighted by molar-refractivity contribution is 7.98. The number of thiocarbonyl (C=S) groups is 1. The molecule has 0 amide bonds. The highest BCUT2D eigenvalue weighted by atomic mass is 35.5. The van der Waals surface area contributed by atoms with Crippen molar-refractivity contribution in [3.63, 3.8) is 0 Å². The molecule has 0 spiro atoms. The van der Waals surface area contributed by atoms with Crippen molar-refractivity contribution >= 4 is 46.4 Å². The lowest BCUT2D eigenvalue weighted by atomic mass is 10.2. The van der Waals surface area contributed by atoms with Gasteiger partial charge < -0.3 is 11.1 Å². The molecule has 3 N–H and O–H groups in total. The standard InChI is InChI=1S/C14H12ClFN2S2/c15-10-5-3-4-9(13(10)16)8-20-12-7-2-1-6-11(12)18-14(17)19/h1-7H,8H2,(H3,17,18,19). The van der Waals surface area contributed by atoms with E-state index in [1.807, 2.05) is 24.3 Å². The number of anilines is 1. The first-order valence-corrected chi connectivity index (χ1v) is 7.56. The van der Waals surface area contributed by atoms with Crippen LogP contribution in [0.4, 0.5) is 10.1 Å². The molecule has 20 heavy (non-hydrogen) atoms. The molecule has 6 heteroatoms. The van der Waals surface area contributed by atoms with Crippen LogP contribution in [0.25, 0.3) is 0 Å². The topological polar surface area (TPSA) is 38.0 Å². The Morgan fingerprint density at radius 1 is 1.25 bits per heavy atom. The van der Waals surface area contributed by atoms with Gasteiger partial charge in [-0.15, -0.1) is 11.8 Å². The molecular formula is C14H12ClFN2S2. The fraction of sp³-hybridized carbons (Fsp3) is 0.0714. The maximum atomic E-state index is 13.8. The fourth-order valence-corrected chi connectivity index (χ4v) is 2.93. The molecule has 0 saturated carbocycles. The Hall–Kier alpha value is -1.30. The van der Waals surface area contributed by atoms with Gasteiger partial charge in [-0.25, -0.2) is 4.39 Å². The van der Waals surface area contributed by atoms with Crippen LogP contribution in [0.5, 0.6) is 0 Å². The van der Waals surface area contributed by atoms with E-state index in [4.69, 9.17) is 29.6 Å². The highest BCUT2D eigenvalue weighted by Crippen LogP contribution is 2.31. The molecule has 104 valence electrons. The summed E-state index contributed by atoms with van der Waals surface area (Å²) in [5.41, 5.74) is 6.85. The number of nitrogens with one attached hydrogen (secondary N) is 1. The number of para-hydroxylation sites is 1. The van der Waals surface area contributed by atoms with Crippen molar-refractivity contribution in [2.75, 3.05) is 5.32 Å². The van der Waals surface area contributed by atoms with E-state index in [-0.39, 0.29) is 16.0 Å². The number of rotatable bonds is 4. The van der Waals surface area contributed by atoms with Gasteiger partial charge in [0, 0.05) is 10.6 Å². The largest absolute Gasteiger partial charge is 0.376 e. The molecule has 0 aliphatic heterocycles. The first-order chi connectivity index (χ1) is 9.58. The van der Waals surface area contributed by atoms with Crippen molar-refractivity contribution in [1.82, 2.24) is 0 Å². The SMILES string of the molecule is NC(=S)Nc1ccccc1SCc1cccc(Cl)c1F. The lowest BCUT2D eigenvalue weighted by molar-refractivity contribution is 0.618.